The van der Waals surface area contributed by atoms with Crippen molar-refractivity contribution in [3.05, 3.63) is 123 Å². The van der Waals surface area contributed by atoms with E-state index in [0.717, 1.165) is 51.9 Å². The lowest BCUT2D eigenvalue weighted by molar-refractivity contribution is -0.384. The first kappa shape index (κ1) is 41.2. The molecule has 1 fully saturated rings. The molecule has 0 saturated carbocycles. The third-order valence-electron chi connectivity index (χ3n) is 10.1. The average molecular weight is 886 g/mol. The molecule has 3 N–H and O–H groups in total. The molecule has 1 saturated heterocycles. The number of hydrogen-bond acceptors (Lipinski definition) is 16. The van der Waals surface area contributed by atoms with Crippen molar-refractivity contribution in [2.45, 2.75) is 35.2 Å². The predicted molar refractivity (Wildman–Crippen MR) is 233 cm³/mol. The van der Waals surface area contributed by atoms with E-state index >= 15 is 0 Å². The number of pyridine rings is 1. The molecule has 5 heterocycles. The van der Waals surface area contributed by atoms with Crippen LogP contribution in [-0.4, -0.2) is 96.2 Å². The summed E-state index contributed by atoms with van der Waals surface area (Å²) in [4.78, 5) is 56.4. The number of sulfonamides is 1. The van der Waals surface area contributed by atoms with Crippen molar-refractivity contribution in [1.29, 1.82) is 0 Å². The second-order valence-electron chi connectivity index (χ2n) is 14.0. The van der Waals surface area contributed by atoms with Gasteiger partial charge in [0.2, 0.25) is 0 Å². The Kier molecular flexibility index (Phi) is 12.6. The van der Waals surface area contributed by atoms with E-state index in [2.05, 4.69) is 30.5 Å². The van der Waals surface area contributed by atoms with Crippen molar-refractivity contribution in [3.8, 4) is 0 Å². The molecule has 0 spiro atoms. The fraction of sp³-hybridized carbons (Fsp3) is 0.275. The van der Waals surface area contributed by atoms with Gasteiger partial charge >= 0.3 is 0 Å². The lowest BCUT2D eigenvalue weighted by Crippen LogP contribution is -2.39. The Morgan fingerprint density at radius 1 is 1.00 bits per heavy atom. The number of amides is 2. The van der Waals surface area contributed by atoms with Crippen LogP contribution in [-0.2, 0) is 27.7 Å². The van der Waals surface area contributed by atoms with Crippen LogP contribution in [0.25, 0.3) is 10.2 Å². The molecule has 1 atom stereocenters. The van der Waals surface area contributed by atoms with Gasteiger partial charge in [0.15, 0.2) is 10.3 Å². The number of fused-ring (bicyclic) bond motifs is 2. The van der Waals surface area contributed by atoms with E-state index in [-0.39, 0.29) is 23.3 Å². The topological polar surface area (TPSA) is 202 Å². The fourth-order valence-corrected chi connectivity index (χ4v) is 10.6. The molecule has 2 amide bonds. The Labute approximate surface area is 357 Å². The largest absolute Gasteiger partial charge is 0.379 e. The van der Waals surface area contributed by atoms with Crippen molar-refractivity contribution in [2.24, 2.45) is 0 Å². The normalized spacial score (nSPS) is 15.0. The maximum Gasteiger partial charge on any atom is 0.293 e. The van der Waals surface area contributed by atoms with Gasteiger partial charge in [-0.25, -0.2) is 23.1 Å². The Morgan fingerprint density at radius 3 is 2.63 bits per heavy atom. The summed E-state index contributed by atoms with van der Waals surface area (Å²) in [6, 6.07) is 20.6. The van der Waals surface area contributed by atoms with Crippen molar-refractivity contribution in [2.75, 3.05) is 60.7 Å². The van der Waals surface area contributed by atoms with Crippen molar-refractivity contribution in [3.63, 3.8) is 0 Å². The number of carbonyl (C=O) groups excluding carboxylic acids is 2. The van der Waals surface area contributed by atoms with Gasteiger partial charge in [-0.1, -0.05) is 41.7 Å². The molecule has 2 aliphatic heterocycles. The number of carbonyl (C=O) groups is 2. The number of benzene rings is 3. The van der Waals surface area contributed by atoms with Gasteiger partial charge in [-0.05, 0) is 60.4 Å². The van der Waals surface area contributed by atoms with Gasteiger partial charge in [0.05, 0.1) is 33.2 Å². The van der Waals surface area contributed by atoms with Crippen LogP contribution in [0.2, 0.25) is 0 Å². The number of nitro groups is 1. The van der Waals surface area contributed by atoms with E-state index in [9.17, 15) is 28.1 Å². The monoisotopic (exact) mass is 885 g/mol. The SMILES string of the molecule is O=C(NS(=O)(=O)c1ccc(N[C@H](CCN2CCOCC2)CSc2ccccc2)c([N+](=O)[O-])c1)c1csc(N2CCc3cccc(C(=O)Nc4nc5ccncc5s4)c3C2)n1. The van der Waals surface area contributed by atoms with Gasteiger partial charge in [-0.2, -0.15) is 0 Å². The van der Waals surface area contributed by atoms with E-state index in [1.165, 1.54) is 40.2 Å². The Morgan fingerprint density at radius 2 is 1.83 bits per heavy atom. The zero-order valence-corrected chi connectivity index (χ0v) is 35.2. The summed E-state index contributed by atoms with van der Waals surface area (Å²) in [5.74, 6) is -0.673. The predicted octanol–water partition coefficient (Wildman–Crippen LogP) is 6.28. The summed E-state index contributed by atoms with van der Waals surface area (Å²) in [6.45, 7) is 4.56. The Bertz CT molecular complexity index is 2600. The molecule has 310 valence electrons. The minimum atomic E-state index is -4.54. The highest BCUT2D eigenvalue weighted by Crippen LogP contribution is 2.33. The second-order valence-corrected chi connectivity index (χ2v) is 18.7. The van der Waals surface area contributed by atoms with Crippen molar-refractivity contribution < 1.29 is 27.7 Å². The summed E-state index contributed by atoms with van der Waals surface area (Å²) >= 11 is 4.12. The van der Waals surface area contributed by atoms with Crippen LogP contribution in [0.1, 0.15) is 38.4 Å². The first-order valence-electron chi connectivity index (χ1n) is 19.0. The number of aromatic nitrogens is 3. The number of thiazole rings is 2. The van der Waals surface area contributed by atoms with E-state index in [1.54, 1.807) is 36.3 Å². The summed E-state index contributed by atoms with van der Waals surface area (Å²) in [5.41, 5.74) is 2.66. The van der Waals surface area contributed by atoms with Gasteiger partial charge < -0.3 is 15.0 Å². The van der Waals surface area contributed by atoms with E-state index in [0.29, 0.717) is 60.7 Å². The molecule has 0 aliphatic carbocycles. The van der Waals surface area contributed by atoms with Gasteiger partial charge in [0.25, 0.3) is 27.5 Å². The minimum absolute atomic E-state index is 0.132. The number of thioether (sulfide) groups is 1. The highest BCUT2D eigenvalue weighted by Gasteiger charge is 2.28. The van der Waals surface area contributed by atoms with Crippen LogP contribution in [0, 0.1) is 10.1 Å². The molecule has 2 aliphatic rings. The number of ether oxygens (including phenoxy) is 1. The summed E-state index contributed by atoms with van der Waals surface area (Å²) in [5, 5.41) is 20.9. The van der Waals surface area contributed by atoms with E-state index < -0.39 is 31.4 Å². The molecule has 6 aromatic rings. The second kappa shape index (κ2) is 18.4. The van der Waals surface area contributed by atoms with Gasteiger partial charge in [-0.3, -0.25) is 34.9 Å². The number of anilines is 3. The number of nitrogens with one attached hydrogen (secondary N) is 3. The lowest BCUT2D eigenvalue weighted by Gasteiger charge is -2.29. The summed E-state index contributed by atoms with van der Waals surface area (Å²) in [6.07, 6.45) is 4.64. The molecule has 8 rings (SSSR count). The first-order valence-corrected chi connectivity index (χ1v) is 23.2. The standard InChI is InChI=1S/C40H39N9O7S4/c50-37(45-39-43-33-11-14-41-22-36(33)59-39)30-8-4-5-26-12-16-48(23-31(26)30)40-44-34(25-58-40)38(51)46-60(54,55)29-9-10-32(35(21-29)49(52)53)42-27(13-15-47-17-19-56-20-18-47)24-57-28-6-2-1-3-7-28/h1-11,14,21-22,25,27,42H,12-13,15-20,23-24H2,(H,46,51)(H,43,45,50)/t27-/m1/s1. The quantitative estimate of drug-likeness (QED) is 0.0591. The van der Waals surface area contributed by atoms with Crippen LogP contribution in [0.15, 0.2) is 100 Å². The zero-order chi connectivity index (χ0) is 41.6. The maximum absolute atomic E-state index is 13.5. The molecular formula is C40H39N9O7S4. The molecule has 3 aromatic carbocycles. The Hall–Kier alpha value is -5.51. The molecule has 0 radical (unpaired) electrons. The van der Waals surface area contributed by atoms with Gasteiger partial charge in [0.1, 0.15) is 11.4 Å². The van der Waals surface area contributed by atoms with Gasteiger partial charge in [0, 0.05) is 78.8 Å². The smallest absolute Gasteiger partial charge is 0.293 e. The van der Waals surface area contributed by atoms with Crippen molar-refractivity contribution >= 4 is 88.1 Å². The third kappa shape index (κ3) is 9.75. The van der Waals surface area contributed by atoms with Crippen LogP contribution < -0.4 is 20.3 Å². The fourth-order valence-electron chi connectivity index (χ4n) is 6.95. The van der Waals surface area contributed by atoms with Crippen LogP contribution in [0.4, 0.5) is 21.6 Å². The number of nitrogens with zero attached hydrogens (tertiary/aromatic N) is 6. The number of hydrogen-bond donors (Lipinski definition) is 3. The minimum Gasteiger partial charge on any atom is -0.379 e. The summed E-state index contributed by atoms with van der Waals surface area (Å²) < 4.78 is 35.4. The molecule has 0 unspecified atom stereocenters. The highest BCUT2D eigenvalue weighted by molar-refractivity contribution is 7.99. The summed E-state index contributed by atoms with van der Waals surface area (Å²) in [7, 11) is -4.54. The molecule has 20 heteroatoms. The third-order valence-corrected chi connectivity index (χ3v) is 14.4. The Balaban J connectivity index is 0.934. The zero-order valence-electron chi connectivity index (χ0n) is 32.0. The van der Waals surface area contributed by atoms with Gasteiger partial charge in [-0.15, -0.1) is 23.1 Å². The highest BCUT2D eigenvalue weighted by atomic mass is 32.2. The van der Waals surface area contributed by atoms with Crippen LogP contribution in [0.5, 0.6) is 0 Å². The maximum atomic E-state index is 13.5. The molecular weight excluding hydrogens is 847 g/mol. The molecule has 60 heavy (non-hydrogen) atoms. The van der Waals surface area contributed by atoms with Crippen molar-refractivity contribution in [1.82, 2.24) is 24.6 Å². The number of morpholine rings is 1. The van der Waals surface area contributed by atoms with E-state index in [1.807, 2.05) is 52.1 Å². The van der Waals surface area contributed by atoms with Crippen LogP contribution >= 0.6 is 34.4 Å². The first-order chi connectivity index (χ1) is 29.1. The number of rotatable bonds is 15. The molecule has 16 nitrogen and oxygen atoms in total. The average Bonchev–Trinajstić information content (AvgIpc) is 3.93. The lowest BCUT2D eigenvalue weighted by atomic mass is 9.94. The molecule has 3 aromatic heterocycles. The van der Waals surface area contributed by atoms with E-state index in [4.69, 9.17) is 4.74 Å². The van der Waals surface area contributed by atoms with Crippen LogP contribution in [0.3, 0.4) is 0 Å². The molecule has 0 bridgehead atoms. The number of nitro benzene ring substituents is 1.